The monoisotopic (exact) mass is 324 g/mol. The summed E-state index contributed by atoms with van der Waals surface area (Å²) in [6.45, 7) is 3.21. The highest BCUT2D eigenvalue weighted by Crippen LogP contribution is 2.37. The number of fused-ring (bicyclic) bond motifs is 1. The van der Waals surface area contributed by atoms with E-state index in [9.17, 15) is 9.50 Å². The molecule has 120 valence electrons. The number of phenolic OH excluding ortho intramolecular Hbond substituents is 1. The fourth-order valence-corrected chi connectivity index (χ4v) is 3.24. The molecule has 0 saturated carbocycles. The molecule has 0 spiro atoms. The molecule has 2 aromatic rings. The Kier molecular flexibility index (Phi) is 6.00. The molecule has 3 rings (SSSR count). The van der Waals surface area contributed by atoms with Crippen molar-refractivity contribution in [3.8, 4) is 5.75 Å². The van der Waals surface area contributed by atoms with E-state index in [-0.39, 0.29) is 30.9 Å². The molecule has 3 nitrogen and oxygen atoms in total. The largest absolute Gasteiger partial charge is 0.508 e. The van der Waals surface area contributed by atoms with Crippen LogP contribution in [0.15, 0.2) is 36.4 Å². The minimum Gasteiger partial charge on any atom is -0.508 e. The molecule has 1 atom stereocenters. The third-order valence-electron chi connectivity index (χ3n) is 4.26. The van der Waals surface area contributed by atoms with Gasteiger partial charge in [0.05, 0.1) is 6.67 Å². The zero-order valence-electron chi connectivity index (χ0n) is 12.5. The second-order valence-corrected chi connectivity index (χ2v) is 5.50. The molecular formula is C17H22ClFN2O. The van der Waals surface area contributed by atoms with Gasteiger partial charge < -0.3 is 10.4 Å². The van der Waals surface area contributed by atoms with Crippen LogP contribution in [0.4, 0.5) is 4.39 Å². The van der Waals surface area contributed by atoms with Crippen molar-refractivity contribution in [3.63, 3.8) is 0 Å². The smallest absolute Gasteiger partial charge is 0.121 e. The number of alkyl halides is 1. The number of nitrogens with one attached hydrogen (secondary N) is 1. The number of hydrogen-bond donors (Lipinski definition) is 2. The predicted octanol–water partition coefficient (Wildman–Crippen LogP) is 3.27. The van der Waals surface area contributed by atoms with E-state index in [4.69, 9.17) is 0 Å². The molecule has 1 aliphatic heterocycles. The van der Waals surface area contributed by atoms with Gasteiger partial charge in [-0.15, -0.1) is 12.4 Å². The molecule has 2 N–H and O–H groups in total. The van der Waals surface area contributed by atoms with Gasteiger partial charge in [-0.2, -0.15) is 0 Å². The maximum Gasteiger partial charge on any atom is 0.121 e. The quantitative estimate of drug-likeness (QED) is 0.906. The van der Waals surface area contributed by atoms with E-state index in [1.54, 1.807) is 6.07 Å². The summed E-state index contributed by atoms with van der Waals surface area (Å²) in [5, 5.41) is 15.8. The van der Waals surface area contributed by atoms with Crippen LogP contribution in [0.3, 0.4) is 0 Å². The lowest BCUT2D eigenvalue weighted by molar-refractivity contribution is 0.156. The molecule has 1 fully saturated rings. The number of benzene rings is 2. The van der Waals surface area contributed by atoms with Crippen LogP contribution in [-0.4, -0.2) is 42.9 Å². The van der Waals surface area contributed by atoms with E-state index < -0.39 is 0 Å². The van der Waals surface area contributed by atoms with Crippen molar-refractivity contribution in [2.24, 2.45) is 0 Å². The van der Waals surface area contributed by atoms with Crippen LogP contribution >= 0.6 is 12.4 Å². The van der Waals surface area contributed by atoms with Crippen molar-refractivity contribution < 1.29 is 9.50 Å². The summed E-state index contributed by atoms with van der Waals surface area (Å²) >= 11 is 0. The van der Waals surface area contributed by atoms with Crippen LogP contribution in [0, 0.1) is 0 Å². The molecule has 22 heavy (non-hydrogen) atoms. The summed E-state index contributed by atoms with van der Waals surface area (Å²) < 4.78 is 13.1. The molecule has 0 aromatic heterocycles. The Labute approximate surface area is 136 Å². The molecule has 0 amide bonds. The Hall–Kier alpha value is -1.36. The van der Waals surface area contributed by atoms with Gasteiger partial charge in [0.15, 0.2) is 0 Å². The van der Waals surface area contributed by atoms with E-state index in [1.165, 1.54) is 0 Å². The van der Waals surface area contributed by atoms with Gasteiger partial charge >= 0.3 is 0 Å². The van der Waals surface area contributed by atoms with E-state index in [1.807, 2.05) is 30.3 Å². The Bertz CT molecular complexity index is 617. The fourth-order valence-electron chi connectivity index (χ4n) is 3.24. The Morgan fingerprint density at radius 1 is 1.14 bits per heavy atom. The lowest BCUT2D eigenvalue weighted by atomic mass is 9.94. The third-order valence-corrected chi connectivity index (χ3v) is 4.26. The molecule has 0 unspecified atom stereocenters. The Balaban J connectivity index is 0.00000176. The first-order valence-corrected chi connectivity index (χ1v) is 7.52. The summed E-state index contributed by atoms with van der Waals surface area (Å²) in [5.74, 6) is 0.269. The summed E-state index contributed by atoms with van der Waals surface area (Å²) in [7, 11) is 0. The first-order valence-electron chi connectivity index (χ1n) is 7.52. The van der Waals surface area contributed by atoms with Gasteiger partial charge in [0.25, 0.3) is 0 Å². The summed E-state index contributed by atoms with van der Waals surface area (Å²) in [6.07, 6.45) is 0.418. The van der Waals surface area contributed by atoms with E-state index >= 15 is 0 Å². The first kappa shape index (κ1) is 17.0. The average molecular weight is 325 g/mol. The molecule has 0 bridgehead atoms. The zero-order chi connectivity index (χ0) is 14.7. The minimum atomic E-state index is -0.378. The standard InChI is InChI=1S/C17H21FN2O.ClH/c18-8-7-15(20-11-9-19-10-12-20)17-14-4-2-1-3-13(14)5-6-16(17)21;/h1-6,15,19,21H,7-12H2;1H/t15-;/m0./s1. The molecule has 0 aliphatic carbocycles. The van der Waals surface area contributed by atoms with Crippen molar-refractivity contribution in [2.75, 3.05) is 32.9 Å². The average Bonchev–Trinajstić information content (AvgIpc) is 2.54. The van der Waals surface area contributed by atoms with Gasteiger partial charge in [-0.25, -0.2) is 0 Å². The van der Waals surface area contributed by atoms with Gasteiger partial charge in [-0.3, -0.25) is 9.29 Å². The van der Waals surface area contributed by atoms with Gasteiger partial charge in [-0.1, -0.05) is 30.3 Å². The number of aromatic hydroxyl groups is 1. The highest BCUT2D eigenvalue weighted by molar-refractivity contribution is 5.88. The molecule has 1 saturated heterocycles. The van der Waals surface area contributed by atoms with Gasteiger partial charge in [-0.05, 0) is 23.3 Å². The van der Waals surface area contributed by atoms with Crippen LogP contribution in [0.2, 0.25) is 0 Å². The molecule has 0 radical (unpaired) electrons. The van der Waals surface area contributed by atoms with Crippen LogP contribution < -0.4 is 5.32 Å². The molecule has 2 aromatic carbocycles. The third kappa shape index (κ3) is 3.35. The van der Waals surface area contributed by atoms with Crippen molar-refractivity contribution in [1.29, 1.82) is 0 Å². The molecule has 5 heteroatoms. The van der Waals surface area contributed by atoms with Crippen molar-refractivity contribution in [2.45, 2.75) is 12.5 Å². The Morgan fingerprint density at radius 3 is 2.59 bits per heavy atom. The number of rotatable bonds is 4. The normalized spacial score (nSPS) is 17.1. The number of halogens is 2. The van der Waals surface area contributed by atoms with Crippen molar-refractivity contribution >= 4 is 23.2 Å². The maximum absolute atomic E-state index is 13.1. The second kappa shape index (κ2) is 7.77. The SMILES string of the molecule is Cl.Oc1ccc2ccccc2c1[C@H](CCF)N1CCNCC1. The fraction of sp³-hybridized carbons (Fsp3) is 0.412. The van der Waals surface area contributed by atoms with Crippen LogP contribution in [0.1, 0.15) is 18.0 Å². The number of nitrogens with zero attached hydrogens (tertiary/aromatic N) is 1. The maximum atomic E-state index is 13.1. The zero-order valence-corrected chi connectivity index (χ0v) is 13.3. The highest BCUT2D eigenvalue weighted by atomic mass is 35.5. The predicted molar refractivity (Wildman–Crippen MR) is 90.6 cm³/mol. The summed E-state index contributed by atoms with van der Waals surface area (Å²) in [5.41, 5.74) is 0.868. The van der Waals surface area contributed by atoms with E-state index in [2.05, 4.69) is 10.2 Å². The van der Waals surface area contributed by atoms with Gasteiger partial charge in [0, 0.05) is 37.8 Å². The Morgan fingerprint density at radius 2 is 1.86 bits per heavy atom. The van der Waals surface area contributed by atoms with Crippen LogP contribution in [0.5, 0.6) is 5.75 Å². The van der Waals surface area contributed by atoms with Crippen LogP contribution in [0.25, 0.3) is 10.8 Å². The summed E-state index contributed by atoms with van der Waals surface area (Å²) in [6, 6.07) is 11.6. The number of hydrogen-bond acceptors (Lipinski definition) is 3. The van der Waals surface area contributed by atoms with Crippen molar-refractivity contribution in [3.05, 3.63) is 42.0 Å². The number of piperazine rings is 1. The topological polar surface area (TPSA) is 35.5 Å². The molecule has 1 heterocycles. The first-order chi connectivity index (χ1) is 10.3. The lowest BCUT2D eigenvalue weighted by Crippen LogP contribution is -2.45. The number of phenols is 1. The molecular weight excluding hydrogens is 303 g/mol. The van der Waals surface area contributed by atoms with E-state index in [0.717, 1.165) is 42.5 Å². The minimum absolute atomic E-state index is 0. The van der Waals surface area contributed by atoms with Gasteiger partial charge in [0.2, 0.25) is 0 Å². The van der Waals surface area contributed by atoms with Gasteiger partial charge in [0.1, 0.15) is 5.75 Å². The summed E-state index contributed by atoms with van der Waals surface area (Å²) in [4.78, 5) is 2.28. The van der Waals surface area contributed by atoms with E-state index in [0.29, 0.717) is 6.42 Å². The highest BCUT2D eigenvalue weighted by Gasteiger charge is 2.25. The molecule has 1 aliphatic rings. The van der Waals surface area contributed by atoms with Crippen LogP contribution in [-0.2, 0) is 0 Å². The lowest BCUT2D eigenvalue weighted by Gasteiger charge is -2.35. The second-order valence-electron chi connectivity index (χ2n) is 5.50. The van der Waals surface area contributed by atoms with Crippen molar-refractivity contribution in [1.82, 2.24) is 10.2 Å².